The number of hydrogen-bond acceptors (Lipinski definition) is 5. The van der Waals surface area contributed by atoms with Gasteiger partial charge >= 0.3 is 16.1 Å². The minimum atomic E-state index is -4.04. The van der Waals surface area contributed by atoms with Gasteiger partial charge in [-0.25, -0.2) is 4.79 Å². The Morgan fingerprint density at radius 3 is 2.29 bits per heavy atom. The highest BCUT2D eigenvalue weighted by Crippen LogP contribution is 2.26. The maximum absolute atomic E-state index is 12.4. The van der Waals surface area contributed by atoms with Gasteiger partial charge in [0.1, 0.15) is 10.6 Å². The van der Waals surface area contributed by atoms with E-state index in [2.05, 4.69) is 0 Å². The van der Waals surface area contributed by atoms with Crippen molar-refractivity contribution in [2.75, 3.05) is 14.1 Å². The first-order valence-electron chi connectivity index (χ1n) is 7.21. The fourth-order valence-corrected chi connectivity index (χ4v) is 3.06. The van der Waals surface area contributed by atoms with Crippen molar-refractivity contribution >= 4 is 16.1 Å². The smallest absolute Gasteiger partial charge is 0.339 e. The molecule has 2 aromatic carbocycles. The maximum Gasteiger partial charge on any atom is 0.339 e. The fourth-order valence-electron chi connectivity index (χ4n) is 2.11. The van der Waals surface area contributed by atoms with Crippen LogP contribution in [0.1, 0.15) is 21.5 Å². The summed E-state index contributed by atoms with van der Waals surface area (Å²) >= 11 is 0. The first-order valence-corrected chi connectivity index (χ1v) is 8.62. The van der Waals surface area contributed by atoms with E-state index in [0.29, 0.717) is 12.1 Å². The SMILES string of the molecule is Cc1ccc(S(=O)(=O)Oc2cc(C(=O)O)ccc2CN(C)C)cc1. The van der Waals surface area contributed by atoms with Crippen molar-refractivity contribution in [1.29, 1.82) is 0 Å². The Morgan fingerprint density at radius 2 is 1.75 bits per heavy atom. The first kappa shape index (κ1) is 18.0. The van der Waals surface area contributed by atoms with Crippen molar-refractivity contribution in [3.63, 3.8) is 0 Å². The number of aromatic carboxylic acids is 1. The highest BCUT2D eigenvalue weighted by molar-refractivity contribution is 7.87. The molecule has 0 saturated carbocycles. The predicted octanol–water partition coefficient (Wildman–Crippen LogP) is 2.52. The third-order valence-electron chi connectivity index (χ3n) is 3.31. The summed E-state index contributed by atoms with van der Waals surface area (Å²) in [6, 6.07) is 10.5. The lowest BCUT2D eigenvalue weighted by Crippen LogP contribution is -2.15. The van der Waals surface area contributed by atoms with Crippen molar-refractivity contribution in [2.45, 2.75) is 18.4 Å². The third kappa shape index (κ3) is 4.33. The molecule has 0 spiro atoms. The number of aryl methyl sites for hydroxylation is 1. The van der Waals surface area contributed by atoms with E-state index in [1.807, 2.05) is 25.9 Å². The van der Waals surface area contributed by atoms with E-state index < -0.39 is 16.1 Å². The zero-order valence-electron chi connectivity index (χ0n) is 13.7. The minimum Gasteiger partial charge on any atom is -0.478 e. The van der Waals surface area contributed by atoms with Gasteiger partial charge < -0.3 is 14.2 Å². The van der Waals surface area contributed by atoms with Crippen molar-refractivity contribution in [3.8, 4) is 5.75 Å². The van der Waals surface area contributed by atoms with Crippen molar-refractivity contribution in [1.82, 2.24) is 4.90 Å². The molecule has 0 aromatic heterocycles. The lowest BCUT2D eigenvalue weighted by atomic mass is 10.1. The Labute approximate surface area is 141 Å². The molecule has 0 unspecified atom stereocenters. The molecule has 6 nitrogen and oxygen atoms in total. The molecule has 0 aliphatic rings. The van der Waals surface area contributed by atoms with E-state index in [1.165, 1.54) is 24.3 Å². The predicted molar refractivity (Wildman–Crippen MR) is 89.8 cm³/mol. The van der Waals surface area contributed by atoms with Gasteiger partial charge in [-0.3, -0.25) is 0 Å². The standard InChI is InChI=1S/C17H19NO5S/c1-12-4-8-15(9-5-12)24(21,22)23-16-10-13(17(19)20)6-7-14(16)11-18(2)3/h4-10H,11H2,1-3H3,(H,19,20). The summed E-state index contributed by atoms with van der Waals surface area (Å²) in [5, 5.41) is 9.11. The monoisotopic (exact) mass is 349 g/mol. The molecular formula is C17H19NO5S. The van der Waals surface area contributed by atoms with Gasteiger partial charge in [-0.05, 0) is 45.3 Å². The second-order valence-corrected chi connectivity index (χ2v) is 7.26. The Balaban J connectivity index is 2.43. The summed E-state index contributed by atoms with van der Waals surface area (Å²) in [5.74, 6) is -1.13. The number of hydrogen-bond donors (Lipinski definition) is 1. The molecule has 2 rings (SSSR count). The molecule has 0 heterocycles. The van der Waals surface area contributed by atoms with Gasteiger partial charge in [0, 0.05) is 12.1 Å². The van der Waals surface area contributed by atoms with Gasteiger partial charge in [0.15, 0.2) is 0 Å². The Morgan fingerprint density at radius 1 is 1.12 bits per heavy atom. The Bertz CT molecular complexity index is 842. The summed E-state index contributed by atoms with van der Waals surface area (Å²) in [5.41, 5.74) is 1.47. The summed E-state index contributed by atoms with van der Waals surface area (Å²) in [4.78, 5) is 13.0. The number of carboxylic acid groups (broad SMARTS) is 1. The number of benzene rings is 2. The van der Waals surface area contributed by atoms with Crippen LogP contribution in [0, 0.1) is 6.92 Å². The van der Waals surface area contributed by atoms with E-state index in [9.17, 15) is 13.2 Å². The second kappa shape index (κ2) is 7.02. The van der Waals surface area contributed by atoms with Crippen LogP contribution >= 0.6 is 0 Å². The number of carbonyl (C=O) groups is 1. The number of nitrogens with zero attached hydrogens (tertiary/aromatic N) is 1. The molecule has 0 bridgehead atoms. The van der Waals surface area contributed by atoms with Crippen LogP contribution in [-0.2, 0) is 16.7 Å². The fraction of sp³-hybridized carbons (Fsp3) is 0.235. The topological polar surface area (TPSA) is 83.9 Å². The van der Waals surface area contributed by atoms with Crippen LogP contribution in [0.5, 0.6) is 5.75 Å². The Kier molecular flexibility index (Phi) is 5.26. The van der Waals surface area contributed by atoms with Crippen molar-refractivity contribution in [2.24, 2.45) is 0 Å². The summed E-state index contributed by atoms with van der Waals surface area (Å²) in [6.07, 6.45) is 0. The summed E-state index contributed by atoms with van der Waals surface area (Å²) in [6.45, 7) is 2.27. The van der Waals surface area contributed by atoms with Crippen LogP contribution in [0.2, 0.25) is 0 Å². The number of carboxylic acids is 1. The first-order chi connectivity index (χ1) is 11.2. The van der Waals surface area contributed by atoms with Gasteiger partial charge in [0.2, 0.25) is 0 Å². The molecule has 0 aliphatic heterocycles. The van der Waals surface area contributed by atoms with Crippen LogP contribution in [0.3, 0.4) is 0 Å². The molecule has 128 valence electrons. The van der Waals surface area contributed by atoms with Crippen molar-refractivity contribution in [3.05, 3.63) is 59.2 Å². The summed E-state index contributed by atoms with van der Waals surface area (Å²) in [7, 11) is -0.397. The average Bonchev–Trinajstić information content (AvgIpc) is 2.48. The highest BCUT2D eigenvalue weighted by atomic mass is 32.2. The van der Waals surface area contributed by atoms with Gasteiger partial charge in [0.05, 0.1) is 5.56 Å². The van der Waals surface area contributed by atoms with Crippen LogP contribution in [0.15, 0.2) is 47.4 Å². The second-order valence-electron chi connectivity index (χ2n) is 5.72. The molecule has 7 heteroatoms. The van der Waals surface area contributed by atoms with E-state index >= 15 is 0 Å². The molecule has 0 atom stereocenters. The molecule has 0 aliphatic carbocycles. The minimum absolute atomic E-state index is 0.0178. The Hall–Kier alpha value is -2.38. The van der Waals surface area contributed by atoms with Crippen LogP contribution in [-0.4, -0.2) is 38.5 Å². The third-order valence-corrected chi connectivity index (χ3v) is 4.56. The van der Waals surface area contributed by atoms with E-state index in [1.54, 1.807) is 18.2 Å². The van der Waals surface area contributed by atoms with E-state index in [-0.39, 0.29) is 16.2 Å². The molecule has 0 amide bonds. The molecule has 0 saturated heterocycles. The zero-order chi connectivity index (χ0) is 17.9. The zero-order valence-corrected chi connectivity index (χ0v) is 14.5. The van der Waals surface area contributed by atoms with E-state index in [0.717, 1.165) is 5.56 Å². The van der Waals surface area contributed by atoms with Crippen LogP contribution in [0.4, 0.5) is 0 Å². The molecule has 1 N–H and O–H groups in total. The van der Waals surface area contributed by atoms with Crippen molar-refractivity contribution < 1.29 is 22.5 Å². The molecule has 0 radical (unpaired) electrons. The van der Waals surface area contributed by atoms with Gasteiger partial charge in [0.25, 0.3) is 0 Å². The summed E-state index contributed by atoms with van der Waals surface area (Å²) < 4.78 is 30.1. The van der Waals surface area contributed by atoms with Gasteiger partial charge in [-0.2, -0.15) is 8.42 Å². The molecule has 0 fully saturated rings. The maximum atomic E-state index is 12.4. The van der Waals surface area contributed by atoms with E-state index in [4.69, 9.17) is 9.29 Å². The lowest BCUT2D eigenvalue weighted by Gasteiger charge is -2.15. The lowest BCUT2D eigenvalue weighted by molar-refractivity contribution is 0.0696. The highest BCUT2D eigenvalue weighted by Gasteiger charge is 2.20. The average molecular weight is 349 g/mol. The van der Waals surface area contributed by atoms with Gasteiger partial charge in [-0.15, -0.1) is 0 Å². The quantitative estimate of drug-likeness (QED) is 0.807. The molecular weight excluding hydrogens is 330 g/mol. The van der Waals surface area contributed by atoms with Crippen LogP contribution < -0.4 is 4.18 Å². The largest absolute Gasteiger partial charge is 0.478 e. The number of rotatable bonds is 6. The normalized spacial score (nSPS) is 11.5. The van der Waals surface area contributed by atoms with Crippen LogP contribution in [0.25, 0.3) is 0 Å². The molecule has 24 heavy (non-hydrogen) atoms. The van der Waals surface area contributed by atoms with Gasteiger partial charge in [-0.1, -0.05) is 23.8 Å². The molecule has 2 aromatic rings.